The lowest BCUT2D eigenvalue weighted by Crippen LogP contribution is -2.27. The molecular formula is C15H15ClN2O2. The summed E-state index contributed by atoms with van der Waals surface area (Å²) in [6, 6.07) is 8.99. The molecule has 2 aromatic rings. The first-order chi connectivity index (χ1) is 9.65. The van der Waals surface area contributed by atoms with Gasteiger partial charge < -0.3 is 9.64 Å². The summed E-state index contributed by atoms with van der Waals surface area (Å²) >= 11 is 6.01. The Labute approximate surface area is 123 Å². The third kappa shape index (κ3) is 2.91. The van der Waals surface area contributed by atoms with Gasteiger partial charge >= 0.3 is 0 Å². The predicted octanol–water partition coefficient (Wildman–Crippen LogP) is 3.41. The average molecular weight is 291 g/mol. The van der Waals surface area contributed by atoms with E-state index in [4.69, 9.17) is 16.3 Å². The van der Waals surface area contributed by atoms with Crippen molar-refractivity contribution in [2.45, 2.75) is 6.92 Å². The number of para-hydroxylation sites is 2. The minimum atomic E-state index is -0.204. The molecule has 1 amide bonds. The number of carbonyl (C=O) groups excluding carboxylic acids is 1. The molecule has 1 aromatic carbocycles. The third-order valence-electron chi connectivity index (χ3n) is 2.83. The van der Waals surface area contributed by atoms with Gasteiger partial charge in [-0.25, -0.2) is 0 Å². The van der Waals surface area contributed by atoms with E-state index in [1.54, 1.807) is 19.3 Å². The minimum Gasteiger partial charge on any atom is -0.492 e. The zero-order valence-electron chi connectivity index (χ0n) is 11.3. The maximum atomic E-state index is 12.5. The van der Waals surface area contributed by atoms with Crippen LogP contribution in [0.5, 0.6) is 5.75 Å². The maximum Gasteiger partial charge on any atom is 0.259 e. The molecule has 0 aliphatic carbocycles. The molecule has 1 heterocycles. The highest BCUT2D eigenvalue weighted by atomic mass is 35.5. The van der Waals surface area contributed by atoms with Crippen LogP contribution in [-0.2, 0) is 0 Å². The number of halogens is 1. The molecule has 5 heteroatoms. The van der Waals surface area contributed by atoms with Gasteiger partial charge in [-0.05, 0) is 25.1 Å². The van der Waals surface area contributed by atoms with Crippen LogP contribution >= 0.6 is 11.6 Å². The van der Waals surface area contributed by atoms with Crippen molar-refractivity contribution in [3.05, 3.63) is 53.3 Å². The van der Waals surface area contributed by atoms with Gasteiger partial charge in [0.05, 0.1) is 22.9 Å². The largest absolute Gasteiger partial charge is 0.492 e. The van der Waals surface area contributed by atoms with Gasteiger partial charge in [-0.2, -0.15) is 0 Å². The van der Waals surface area contributed by atoms with Gasteiger partial charge in [0.1, 0.15) is 5.75 Å². The second kappa shape index (κ2) is 6.39. The number of anilines is 1. The Morgan fingerprint density at radius 1 is 1.35 bits per heavy atom. The maximum absolute atomic E-state index is 12.5. The van der Waals surface area contributed by atoms with Gasteiger partial charge in [0.2, 0.25) is 0 Å². The molecule has 20 heavy (non-hydrogen) atoms. The monoisotopic (exact) mass is 290 g/mol. The molecule has 104 valence electrons. The highest BCUT2D eigenvalue weighted by Gasteiger charge is 2.19. The summed E-state index contributed by atoms with van der Waals surface area (Å²) in [6.45, 7) is 2.44. The molecule has 0 saturated carbocycles. The lowest BCUT2D eigenvalue weighted by Gasteiger charge is -2.20. The Morgan fingerprint density at radius 2 is 2.10 bits per heavy atom. The fraction of sp³-hybridized carbons (Fsp3) is 0.200. The molecule has 0 radical (unpaired) electrons. The van der Waals surface area contributed by atoms with Crippen LogP contribution in [0.2, 0.25) is 5.02 Å². The molecular weight excluding hydrogens is 276 g/mol. The van der Waals surface area contributed by atoms with E-state index in [-0.39, 0.29) is 5.91 Å². The van der Waals surface area contributed by atoms with E-state index in [0.717, 1.165) is 0 Å². The van der Waals surface area contributed by atoms with Crippen molar-refractivity contribution in [3.8, 4) is 5.75 Å². The minimum absolute atomic E-state index is 0.204. The lowest BCUT2D eigenvalue weighted by atomic mass is 10.2. The number of hydrogen-bond donors (Lipinski definition) is 0. The highest BCUT2D eigenvalue weighted by Crippen LogP contribution is 2.29. The van der Waals surface area contributed by atoms with E-state index in [1.165, 1.54) is 11.1 Å². The molecule has 0 atom stereocenters. The Hall–Kier alpha value is -2.07. The SMILES string of the molecule is CCOc1ccccc1N(C)C(=O)c1ccncc1Cl. The van der Waals surface area contributed by atoms with E-state index < -0.39 is 0 Å². The summed E-state index contributed by atoms with van der Waals surface area (Å²) in [5.74, 6) is 0.459. The molecule has 0 N–H and O–H groups in total. The van der Waals surface area contributed by atoms with Crippen molar-refractivity contribution in [1.82, 2.24) is 4.98 Å². The quantitative estimate of drug-likeness (QED) is 0.866. The van der Waals surface area contributed by atoms with Crippen LogP contribution in [0.3, 0.4) is 0 Å². The second-order valence-electron chi connectivity index (χ2n) is 4.12. The van der Waals surface area contributed by atoms with Crippen LogP contribution in [-0.4, -0.2) is 24.5 Å². The first-order valence-electron chi connectivity index (χ1n) is 6.24. The first-order valence-corrected chi connectivity index (χ1v) is 6.62. The Kier molecular flexibility index (Phi) is 4.58. The van der Waals surface area contributed by atoms with Gasteiger partial charge in [0.15, 0.2) is 0 Å². The molecule has 2 rings (SSSR count). The Bertz CT molecular complexity index is 616. The number of aromatic nitrogens is 1. The van der Waals surface area contributed by atoms with Crippen LogP contribution in [0.25, 0.3) is 0 Å². The van der Waals surface area contributed by atoms with E-state index in [9.17, 15) is 4.79 Å². The van der Waals surface area contributed by atoms with Crippen LogP contribution in [0, 0.1) is 0 Å². The first kappa shape index (κ1) is 14.3. The van der Waals surface area contributed by atoms with Gasteiger partial charge in [0.25, 0.3) is 5.91 Å². The second-order valence-corrected chi connectivity index (χ2v) is 4.53. The third-order valence-corrected chi connectivity index (χ3v) is 3.14. The summed E-state index contributed by atoms with van der Waals surface area (Å²) < 4.78 is 5.54. The number of carbonyl (C=O) groups is 1. The molecule has 4 nitrogen and oxygen atoms in total. The van der Waals surface area contributed by atoms with Crippen molar-refractivity contribution >= 4 is 23.2 Å². The van der Waals surface area contributed by atoms with Crippen LogP contribution in [0.15, 0.2) is 42.7 Å². The van der Waals surface area contributed by atoms with Crippen molar-refractivity contribution < 1.29 is 9.53 Å². The number of pyridine rings is 1. The zero-order valence-corrected chi connectivity index (χ0v) is 12.1. The Morgan fingerprint density at radius 3 is 2.80 bits per heavy atom. The van der Waals surface area contributed by atoms with Crippen molar-refractivity contribution in [1.29, 1.82) is 0 Å². The molecule has 0 aliphatic heterocycles. The van der Waals surface area contributed by atoms with Gasteiger partial charge in [0, 0.05) is 19.4 Å². The smallest absolute Gasteiger partial charge is 0.259 e. The number of ether oxygens (including phenoxy) is 1. The average Bonchev–Trinajstić information content (AvgIpc) is 2.47. The normalized spacial score (nSPS) is 10.2. The van der Waals surface area contributed by atoms with Crippen LogP contribution < -0.4 is 9.64 Å². The Balaban J connectivity index is 2.34. The zero-order chi connectivity index (χ0) is 14.5. The molecule has 0 spiro atoms. The lowest BCUT2D eigenvalue weighted by molar-refractivity contribution is 0.0992. The highest BCUT2D eigenvalue weighted by molar-refractivity contribution is 6.34. The summed E-state index contributed by atoms with van der Waals surface area (Å²) in [4.78, 5) is 17.9. The predicted molar refractivity (Wildman–Crippen MR) is 79.6 cm³/mol. The number of amides is 1. The van der Waals surface area contributed by atoms with Crippen LogP contribution in [0.4, 0.5) is 5.69 Å². The fourth-order valence-corrected chi connectivity index (χ4v) is 2.05. The van der Waals surface area contributed by atoms with E-state index in [0.29, 0.717) is 28.6 Å². The van der Waals surface area contributed by atoms with Crippen molar-refractivity contribution in [3.63, 3.8) is 0 Å². The van der Waals surface area contributed by atoms with E-state index >= 15 is 0 Å². The number of hydrogen-bond acceptors (Lipinski definition) is 3. The summed E-state index contributed by atoms with van der Waals surface area (Å²) in [5.41, 5.74) is 1.11. The van der Waals surface area contributed by atoms with Gasteiger partial charge in [-0.15, -0.1) is 0 Å². The van der Waals surface area contributed by atoms with E-state index in [2.05, 4.69) is 4.98 Å². The summed E-state index contributed by atoms with van der Waals surface area (Å²) in [5, 5.41) is 0.332. The van der Waals surface area contributed by atoms with Crippen molar-refractivity contribution in [2.75, 3.05) is 18.6 Å². The molecule has 1 aromatic heterocycles. The van der Waals surface area contributed by atoms with Gasteiger partial charge in [-0.3, -0.25) is 9.78 Å². The summed E-state index contributed by atoms with van der Waals surface area (Å²) in [7, 11) is 1.69. The number of rotatable bonds is 4. The number of nitrogens with zero attached hydrogens (tertiary/aromatic N) is 2. The van der Waals surface area contributed by atoms with E-state index in [1.807, 2.05) is 31.2 Å². The topological polar surface area (TPSA) is 42.4 Å². The molecule has 0 saturated heterocycles. The fourth-order valence-electron chi connectivity index (χ4n) is 1.85. The summed E-state index contributed by atoms with van der Waals surface area (Å²) in [6.07, 6.45) is 3.00. The standard InChI is InChI=1S/C15H15ClN2O2/c1-3-20-14-7-5-4-6-13(14)18(2)15(19)11-8-9-17-10-12(11)16/h4-10H,3H2,1-2H3. The van der Waals surface area contributed by atoms with Crippen molar-refractivity contribution in [2.24, 2.45) is 0 Å². The molecule has 0 unspecified atom stereocenters. The van der Waals surface area contributed by atoms with Gasteiger partial charge in [-0.1, -0.05) is 23.7 Å². The molecule has 0 aliphatic rings. The number of benzene rings is 1. The molecule has 0 bridgehead atoms. The molecule has 0 fully saturated rings. The van der Waals surface area contributed by atoms with Crippen LogP contribution in [0.1, 0.15) is 17.3 Å².